The Morgan fingerprint density at radius 3 is 2.57 bits per heavy atom. The van der Waals surface area contributed by atoms with E-state index in [2.05, 4.69) is 10.6 Å². The number of hydrogen-bond acceptors (Lipinski definition) is 6. The van der Waals surface area contributed by atoms with E-state index in [0.717, 1.165) is 12.8 Å². The minimum absolute atomic E-state index is 0.0950. The van der Waals surface area contributed by atoms with E-state index in [4.69, 9.17) is 21.1 Å². The van der Waals surface area contributed by atoms with E-state index < -0.39 is 23.5 Å². The SMILES string of the molecule is CCOC(=O)c1cc(F)c(N2CCC(NC(=O)OC(C)(C)C)C2)c(Cl)c1NC1CC1. The number of alkyl carbamates (subject to hydrolysis) is 1. The average Bonchev–Trinajstić information content (AvgIpc) is 3.34. The molecule has 1 aromatic carbocycles. The van der Waals surface area contributed by atoms with Crippen molar-refractivity contribution in [2.24, 2.45) is 0 Å². The molecule has 1 aliphatic heterocycles. The number of carbonyl (C=O) groups is 2. The zero-order chi connectivity index (χ0) is 22.1. The van der Waals surface area contributed by atoms with E-state index in [1.807, 2.05) is 0 Å². The van der Waals surface area contributed by atoms with Crippen molar-refractivity contribution in [1.29, 1.82) is 0 Å². The van der Waals surface area contributed by atoms with Gasteiger partial charge in [-0.3, -0.25) is 0 Å². The maximum atomic E-state index is 15.0. The molecule has 30 heavy (non-hydrogen) atoms. The number of nitrogens with zero attached hydrogens (tertiary/aromatic N) is 1. The van der Waals surface area contributed by atoms with Crippen LogP contribution in [0.5, 0.6) is 0 Å². The first-order valence-corrected chi connectivity index (χ1v) is 10.7. The van der Waals surface area contributed by atoms with Crippen LogP contribution in [0.4, 0.5) is 20.6 Å². The van der Waals surface area contributed by atoms with E-state index in [1.54, 1.807) is 32.6 Å². The maximum Gasteiger partial charge on any atom is 0.407 e. The highest BCUT2D eigenvalue weighted by Crippen LogP contribution is 2.41. The van der Waals surface area contributed by atoms with Crippen LogP contribution in [0.3, 0.4) is 0 Å². The Balaban J connectivity index is 1.80. The molecule has 2 fully saturated rings. The van der Waals surface area contributed by atoms with Crippen LogP contribution < -0.4 is 15.5 Å². The summed E-state index contributed by atoms with van der Waals surface area (Å²) >= 11 is 6.59. The molecule has 1 heterocycles. The highest BCUT2D eigenvalue weighted by Gasteiger charge is 2.33. The zero-order valence-electron chi connectivity index (χ0n) is 17.8. The average molecular weight is 442 g/mol. The summed E-state index contributed by atoms with van der Waals surface area (Å²) in [4.78, 5) is 26.2. The number of hydrogen-bond donors (Lipinski definition) is 2. The fourth-order valence-corrected chi connectivity index (χ4v) is 3.76. The molecule has 1 saturated carbocycles. The van der Waals surface area contributed by atoms with E-state index >= 15 is 4.39 Å². The fourth-order valence-electron chi connectivity index (χ4n) is 3.40. The molecule has 0 aromatic heterocycles. The molecule has 1 aliphatic carbocycles. The predicted molar refractivity (Wildman–Crippen MR) is 114 cm³/mol. The van der Waals surface area contributed by atoms with Crippen LogP contribution in [0.2, 0.25) is 5.02 Å². The molecule has 1 unspecified atom stereocenters. The van der Waals surface area contributed by atoms with Crippen LogP contribution in [-0.2, 0) is 9.47 Å². The van der Waals surface area contributed by atoms with Crippen molar-refractivity contribution in [2.45, 2.75) is 64.6 Å². The van der Waals surface area contributed by atoms with Gasteiger partial charge in [0.05, 0.1) is 34.6 Å². The van der Waals surface area contributed by atoms with Crippen molar-refractivity contribution in [2.75, 3.05) is 29.9 Å². The van der Waals surface area contributed by atoms with Gasteiger partial charge in [0.15, 0.2) is 0 Å². The molecule has 1 amide bonds. The number of halogens is 2. The molecule has 166 valence electrons. The smallest absolute Gasteiger partial charge is 0.407 e. The van der Waals surface area contributed by atoms with Crippen molar-refractivity contribution in [3.63, 3.8) is 0 Å². The number of ether oxygens (including phenoxy) is 2. The van der Waals surface area contributed by atoms with Crippen molar-refractivity contribution in [3.8, 4) is 0 Å². The Kier molecular flexibility index (Phi) is 6.65. The van der Waals surface area contributed by atoms with Crippen LogP contribution in [0, 0.1) is 5.82 Å². The highest BCUT2D eigenvalue weighted by molar-refractivity contribution is 6.37. The topological polar surface area (TPSA) is 79.9 Å². The van der Waals surface area contributed by atoms with E-state index in [0.29, 0.717) is 25.2 Å². The lowest BCUT2D eigenvalue weighted by Crippen LogP contribution is -2.40. The van der Waals surface area contributed by atoms with Crippen molar-refractivity contribution in [3.05, 3.63) is 22.5 Å². The minimum Gasteiger partial charge on any atom is -0.462 e. The molecule has 9 heteroatoms. The lowest BCUT2D eigenvalue weighted by molar-refractivity contribution is 0.0504. The summed E-state index contributed by atoms with van der Waals surface area (Å²) in [6, 6.07) is 1.20. The van der Waals surface area contributed by atoms with Gasteiger partial charge in [0.25, 0.3) is 0 Å². The standard InChI is InChI=1S/C21H29ClFN3O4/c1-5-29-19(27)14-10-15(23)18(16(22)17(14)24-12-6-7-12)26-9-8-13(11-26)25-20(28)30-21(2,3)4/h10,12-13,24H,5-9,11H2,1-4H3,(H,25,28). The van der Waals surface area contributed by atoms with Gasteiger partial charge >= 0.3 is 12.1 Å². The Hall–Kier alpha value is -2.22. The van der Waals surface area contributed by atoms with Crippen molar-refractivity contribution < 1.29 is 23.5 Å². The maximum absolute atomic E-state index is 15.0. The minimum atomic E-state index is -0.612. The third-order valence-corrected chi connectivity index (χ3v) is 5.21. The summed E-state index contributed by atoms with van der Waals surface area (Å²) in [7, 11) is 0. The second-order valence-electron chi connectivity index (χ2n) is 8.66. The summed E-state index contributed by atoms with van der Waals surface area (Å²) in [5, 5.41) is 6.21. The molecule has 1 saturated heterocycles. The van der Waals surface area contributed by atoms with Gasteiger partial charge in [0.2, 0.25) is 0 Å². The van der Waals surface area contributed by atoms with Crippen LogP contribution in [0.15, 0.2) is 6.07 Å². The van der Waals surface area contributed by atoms with Crippen molar-refractivity contribution in [1.82, 2.24) is 5.32 Å². The predicted octanol–water partition coefficient (Wildman–Crippen LogP) is 4.33. The molecular formula is C21H29ClFN3O4. The van der Waals surface area contributed by atoms with Gasteiger partial charge in [-0.25, -0.2) is 14.0 Å². The Labute approximate surface area is 181 Å². The summed E-state index contributed by atoms with van der Waals surface area (Å²) in [6.45, 7) is 8.16. The first-order valence-electron chi connectivity index (χ1n) is 10.3. The van der Waals surface area contributed by atoms with Gasteiger partial charge in [0, 0.05) is 19.1 Å². The monoisotopic (exact) mass is 441 g/mol. The number of rotatable bonds is 6. The molecule has 2 N–H and O–H groups in total. The summed E-state index contributed by atoms with van der Waals surface area (Å²) in [6.07, 6.45) is 2.06. The third kappa shape index (κ3) is 5.47. The molecule has 2 aliphatic rings. The van der Waals surface area contributed by atoms with Gasteiger partial charge < -0.3 is 25.0 Å². The first kappa shape index (κ1) is 22.5. The zero-order valence-corrected chi connectivity index (χ0v) is 18.6. The Morgan fingerprint density at radius 2 is 1.97 bits per heavy atom. The molecule has 3 rings (SSSR count). The summed E-state index contributed by atoms with van der Waals surface area (Å²) < 4.78 is 25.4. The molecule has 0 bridgehead atoms. The van der Waals surface area contributed by atoms with Gasteiger partial charge in [-0.05, 0) is 53.0 Å². The molecule has 0 spiro atoms. The van der Waals surface area contributed by atoms with Crippen LogP contribution in [0.1, 0.15) is 57.3 Å². The second-order valence-corrected chi connectivity index (χ2v) is 9.04. The molecule has 7 nitrogen and oxygen atoms in total. The number of carbonyl (C=O) groups excluding carboxylic acids is 2. The molecular weight excluding hydrogens is 413 g/mol. The number of anilines is 2. The fraction of sp³-hybridized carbons (Fsp3) is 0.619. The van der Waals surface area contributed by atoms with Crippen LogP contribution in [0.25, 0.3) is 0 Å². The summed E-state index contributed by atoms with van der Waals surface area (Å²) in [5.74, 6) is -1.21. The quantitative estimate of drug-likeness (QED) is 0.639. The number of amides is 1. The Bertz CT molecular complexity index is 823. The molecule has 1 aromatic rings. The molecule has 1 atom stereocenters. The normalized spacial score (nSPS) is 18.9. The van der Waals surface area contributed by atoms with Gasteiger partial charge in [-0.2, -0.15) is 0 Å². The van der Waals surface area contributed by atoms with Gasteiger partial charge in [0.1, 0.15) is 11.4 Å². The largest absolute Gasteiger partial charge is 0.462 e. The third-order valence-electron chi connectivity index (χ3n) is 4.84. The van der Waals surface area contributed by atoms with Gasteiger partial charge in [-0.1, -0.05) is 11.6 Å². The van der Waals surface area contributed by atoms with Crippen molar-refractivity contribution >= 4 is 35.0 Å². The number of benzene rings is 1. The lowest BCUT2D eigenvalue weighted by Gasteiger charge is -2.25. The van der Waals surface area contributed by atoms with Crippen LogP contribution in [-0.4, -0.2) is 49.4 Å². The summed E-state index contributed by atoms with van der Waals surface area (Å²) in [5.41, 5.74) is 0.126. The highest BCUT2D eigenvalue weighted by atomic mass is 35.5. The Morgan fingerprint density at radius 1 is 1.27 bits per heavy atom. The lowest BCUT2D eigenvalue weighted by atomic mass is 10.1. The second kappa shape index (κ2) is 8.88. The number of esters is 1. The van der Waals surface area contributed by atoms with E-state index in [9.17, 15) is 9.59 Å². The first-order chi connectivity index (χ1) is 14.1. The van der Waals surface area contributed by atoms with E-state index in [-0.39, 0.29) is 35.0 Å². The van der Waals surface area contributed by atoms with Crippen LogP contribution >= 0.6 is 11.6 Å². The number of nitrogens with one attached hydrogen (secondary N) is 2. The van der Waals surface area contributed by atoms with Gasteiger partial charge in [-0.15, -0.1) is 0 Å². The van der Waals surface area contributed by atoms with E-state index in [1.165, 1.54) is 6.07 Å². The molecule has 0 radical (unpaired) electrons.